The molecule has 0 bridgehead atoms. The number of hydrogen-bond acceptors (Lipinski definition) is 8. The zero-order valence-electron chi connectivity index (χ0n) is 48.3. The quantitative estimate of drug-likeness (QED) is 0.132. The molecule has 0 aliphatic carbocycles. The van der Waals surface area contributed by atoms with Gasteiger partial charge in [0.15, 0.2) is 5.78 Å². The van der Waals surface area contributed by atoms with E-state index in [-0.39, 0.29) is 5.78 Å². The van der Waals surface area contributed by atoms with Gasteiger partial charge in [-0.1, -0.05) is 104 Å². The highest BCUT2D eigenvalue weighted by Crippen LogP contribution is 2.31. The topological polar surface area (TPSA) is 39.8 Å². The number of carbonyl (C=O) groups excluding carboxylic acids is 1. The van der Waals surface area contributed by atoms with Crippen LogP contribution in [-0.2, 0) is 12.8 Å². The first-order valence-corrected chi connectivity index (χ1v) is 34.1. The van der Waals surface area contributed by atoms with E-state index in [0.29, 0.717) is 0 Å². The van der Waals surface area contributed by atoms with Crippen LogP contribution in [0.3, 0.4) is 0 Å². The summed E-state index contributed by atoms with van der Waals surface area (Å²) in [5.74, 6) is 0.164. The number of halogens is 3. The van der Waals surface area contributed by atoms with Gasteiger partial charge < -0.3 is 34.3 Å². The van der Waals surface area contributed by atoms with Gasteiger partial charge in [-0.15, -0.1) is 0 Å². The minimum Gasteiger partial charge on any atom is -0.378 e. The molecule has 7 aromatic carbocycles. The van der Waals surface area contributed by atoms with Gasteiger partial charge in [0.25, 0.3) is 0 Å². The predicted octanol–water partition coefficient (Wildman–Crippen LogP) is 12.2. The highest BCUT2D eigenvalue weighted by molar-refractivity contribution is 9.11. The van der Waals surface area contributed by atoms with Crippen LogP contribution in [0.15, 0.2) is 147 Å². The molecule has 2 heterocycles. The maximum atomic E-state index is 13.0. The van der Waals surface area contributed by atoms with Gasteiger partial charge in [-0.3, -0.25) is 4.79 Å². The fourth-order valence-corrected chi connectivity index (χ4v) is 17.4. The number of rotatable bonds is 9. The summed E-state index contributed by atoms with van der Waals surface area (Å²) in [4.78, 5) is 27.8. The summed E-state index contributed by atoms with van der Waals surface area (Å²) in [5.41, 5.74) is 16.0. The Morgan fingerprint density at radius 3 is 1.00 bits per heavy atom. The maximum Gasteiger partial charge on any atom is 0.192 e. The second-order valence-corrected chi connectivity index (χ2v) is 33.6. The molecule has 2 aliphatic rings. The lowest BCUT2D eigenvalue weighted by molar-refractivity contribution is 0.104. The van der Waals surface area contributed by atoms with E-state index >= 15 is 0 Å². The highest BCUT2D eigenvalue weighted by Gasteiger charge is 2.39. The lowest BCUT2D eigenvalue weighted by Gasteiger charge is -2.35. The maximum absolute atomic E-state index is 13.0. The van der Waals surface area contributed by atoms with Crippen LogP contribution in [0.1, 0.15) is 38.2 Å². The molecule has 0 N–H and O–H groups in total. The standard InChI is InChI=1S/C19H24N2OSi.C19H26N2Si.C17H20Br2N2.C8H10BrN/c1-20(2)13-7-9-15-17(11-13)23(5,6)18-12-14(21(3)4)8-10-16(18)19(15)22;1-20(2)16-9-7-14-11-15-8-10-17(21(3)4)13-19(15)22(5,6)18(14)12-16;1-20(2)14-7-5-12(16(18)10-14)9-13-6-8-15(21(3)4)11-17(13)19;1-10(2)8-5-3-4-7(9)6-8/h7-12H,1-6H3;7-10,12-13H,11H2,1-6H3;5-8,10-11H,9H2,1-4H3;3-6H,1-2H3. The third-order valence-electron chi connectivity index (χ3n) is 14.6. The van der Waals surface area contributed by atoms with Crippen LogP contribution >= 0.6 is 47.8 Å². The fraction of sp³-hybridized carbons (Fsp3) is 0.317. The smallest absolute Gasteiger partial charge is 0.192 e. The van der Waals surface area contributed by atoms with Crippen LogP contribution in [0.2, 0.25) is 26.2 Å². The van der Waals surface area contributed by atoms with Gasteiger partial charge >= 0.3 is 0 Å². The van der Waals surface area contributed by atoms with Crippen LogP contribution < -0.4 is 55.0 Å². The molecule has 0 aromatic heterocycles. The van der Waals surface area contributed by atoms with E-state index in [9.17, 15) is 4.79 Å². The van der Waals surface area contributed by atoms with Crippen molar-refractivity contribution in [1.82, 2.24) is 0 Å². The second-order valence-electron chi connectivity index (χ2n) is 22.4. The van der Waals surface area contributed by atoms with E-state index in [1.807, 2.05) is 78.7 Å². The van der Waals surface area contributed by atoms with E-state index < -0.39 is 16.1 Å². The van der Waals surface area contributed by atoms with Crippen molar-refractivity contribution in [2.24, 2.45) is 0 Å². The van der Waals surface area contributed by atoms with Gasteiger partial charge in [0.05, 0.1) is 0 Å². The van der Waals surface area contributed by atoms with E-state index in [0.717, 1.165) is 48.8 Å². The molecule has 7 aromatic rings. The van der Waals surface area contributed by atoms with E-state index in [4.69, 9.17) is 0 Å². The molecule has 0 atom stereocenters. The lowest BCUT2D eigenvalue weighted by Crippen LogP contribution is -2.60. The first-order valence-electron chi connectivity index (χ1n) is 25.8. The monoisotopic (exact) mass is 1240 g/mol. The highest BCUT2D eigenvalue weighted by atomic mass is 79.9. The molecule has 0 unspecified atom stereocenters. The van der Waals surface area contributed by atoms with Gasteiger partial charge in [0.2, 0.25) is 0 Å². The van der Waals surface area contributed by atoms with Crippen LogP contribution in [0, 0.1) is 0 Å². The van der Waals surface area contributed by atoms with Gasteiger partial charge in [-0.25, -0.2) is 0 Å². The molecule has 0 saturated carbocycles. The van der Waals surface area contributed by atoms with Crippen molar-refractivity contribution in [2.75, 3.05) is 133 Å². The Kier molecular flexibility index (Phi) is 19.7. The van der Waals surface area contributed by atoms with Crippen LogP contribution in [-0.4, -0.2) is 121 Å². The van der Waals surface area contributed by atoms with Crippen molar-refractivity contribution in [1.29, 1.82) is 0 Å². The number of nitrogens with zero attached hydrogens (tertiary/aromatic N) is 7. The largest absolute Gasteiger partial charge is 0.378 e. The predicted molar refractivity (Wildman–Crippen MR) is 351 cm³/mol. The zero-order chi connectivity index (χ0) is 56.1. The molecule has 0 radical (unpaired) electrons. The van der Waals surface area contributed by atoms with Crippen molar-refractivity contribution in [3.63, 3.8) is 0 Å². The fourth-order valence-electron chi connectivity index (χ4n) is 9.72. The molecular weight excluding hydrogens is 1170 g/mol. The Morgan fingerprint density at radius 2 is 0.671 bits per heavy atom. The molecule has 402 valence electrons. The Hall–Kier alpha value is -5.32. The van der Waals surface area contributed by atoms with Gasteiger partial charge in [-0.2, -0.15) is 0 Å². The molecule has 0 fully saturated rings. The average molecular weight is 1250 g/mol. The third kappa shape index (κ3) is 13.9. The zero-order valence-corrected chi connectivity index (χ0v) is 55.0. The molecule has 76 heavy (non-hydrogen) atoms. The second kappa shape index (κ2) is 25.0. The molecule has 0 amide bonds. The average Bonchev–Trinajstić information content (AvgIpc) is 3.36. The minimum atomic E-state index is -1.90. The summed E-state index contributed by atoms with van der Waals surface area (Å²) in [6.07, 6.45) is 1.98. The summed E-state index contributed by atoms with van der Waals surface area (Å²) in [5, 5.41) is 5.69. The number of benzene rings is 7. The number of carbonyl (C=O) groups is 1. The Balaban J connectivity index is 0.000000170. The van der Waals surface area contributed by atoms with Crippen molar-refractivity contribution in [2.45, 2.75) is 39.0 Å². The number of hydrogen-bond donors (Lipinski definition) is 0. The molecule has 0 spiro atoms. The van der Waals surface area contributed by atoms with Gasteiger partial charge in [0.1, 0.15) is 16.1 Å². The Labute approximate surface area is 483 Å². The SMILES string of the molecule is CN(C)c1ccc(Cc2ccc(N(C)C)cc2Br)c(Br)c1.CN(C)c1ccc2c(c1)[Si](C)(C)c1cc(N(C)C)ccc1C2.CN(C)c1ccc2c(c1)[Si](C)(C)c1cc(N(C)C)ccc1C2=O.CN(C)c1cccc(Br)c1. The molecule has 2 aliphatic heterocycles. The van der Waals surface area contributed by atoms with Crippen LogP contribution in [0.4, 0.5) is 39.8 Å². The van der Waals surface area contributed by atoms with Gasteiger partial charge in [-0.05, 0) is 159 Å². The van der Waals surface area contributed by atoms with E-state index in [1.54, 1.807) is 10.4 Å². The lowest BCUT2D eigenvalue weighted by atomic mass is 10.0. The summed E-state index contributed by atoms with van der Waals surface area (Å²) < 4.78 is 3.42. The van der Waals surface area contributed by atoms with Gasteiger partial charge in [0, 0.05) is 163 Å². The Bertz CT molecular complexity index is 3010. The first kappa shape index (κ1) is 59.9. The van der Waals surface area contributed by atoms with E-state index in [2.05, 4.69) is 262 Å². The Morgan fingerprint density at radius 1 is 0.368 bits per heavy atom. The molecule has 13 heteroatoms. The number of fused-ring (bicyclic) bond motifs is 4. The van der Waals surface area contributed by atoms with E-state index in [1.165, 1.54) is 61.1 Å². The summed E-state index contributed by atoms with van der Waals surface area (Å²) in [6, 6.07) is 47.8. The molecule has 8 nitrogen and oxygen atoms in total. The van der Waals surface area contributed by atoms with Crippen LogP contribution in [0.5, 0.6) is 0 Å². The summed E-state index contributed by atoms with van der Waals surface area (Å²) >= 11 is 10.8. The molecular formula is C63H80Br3N7OSi2. The van der Waals surface area contributed by atoms with Crippen molar-refractivity contribution in [3.8, 4) is 0 Å². The third-order valence-corrected chi connectivity index (χ3v) is 23.7. The summed E-state index contributed by atoms with van der Waals surface area (Å²) in [6.45, 7) is 9.66. The summed E-state index contributed by atoms with van der Waals surface area (Å²) in [7, 11) is 25.4. The minimum absolute atomic E-state index is 0.164. The molecule has 9 rings (SSSR count). The molecule has 0 saturated heterocycles. The van der Waals surface area contributed by atoms with Crippen molar-refractivity contribution < 1.29 is 4.79 Å². The number of anilines is 7. The first-order chi connectivity index (χ1) is 35.6. The van der Waals surface area contributed by atoms with Crippen LogP contribution in [0.25, 0.3) is 0 Å². The normalized spacial score (nSPS) is 13.0. The van der Waals surface area contributed by atoms with Crippen molar-refractivity contribution in [3.05, 3.63) is 180 Å². The number of ketones is 1. The van der Waals surface area contributed by atoms with Crippen molar-refractivity contribution >= 4 is 130 Å².